The number of rotatable bonds is 7. The Bertz CT molecular complexity index is 873. The molecular formula is C16H14F3N3O6. The predicted molar refractivity (Wildman–Crippen MR) is 90.7 cm³/mol. The second-order valence-corrected chi connectivity index (χ2v) is 5.71. The minimum Gasteiger partial charge on any atom is -0.394 e. The number of halogens is 3. The number of nitro groups is 2. The lowest BCUT2D eigenvalue weighted by Gasteiger charge is -2.23. The number of hydrogen-bond donors (Lipinski definition) is 3. The zero-order valence-electron chi connectivity index (χ0n) is 14.0. The van der Waals surface area contributed by atoms with Crippen LogP contribution in [0.4, 0.5) is 30.2 Å². The summed E-state index contributed by atoms with van der Waals surface area (Å²) in [6.45, 7) is -0.726. The molecule has 150 valence electrons. The molecule has 0 fully saturated rings. The summed E-state index contributed by atoms with van der Waals surface area (Å²) in [5.41, 5.74) is -2.52. The number of anilines is 1. The fourth-order valence-electron chi connectivity index (χ4n) is 2.43. The van der Waals surface area contributed by atoms with E-state index in [4.69, 9.17) is 0 Å². The van der Waals surface area contributed by atoms with E-state index in [0.29, 0.717) is 12.1 Å². The van der Waals surface area contributed by atoms with Crippen molar-refractivity contribution in [3.63, 3.8) is 0 Å². The number of nitrogens with zero attached hydrogens (tertiary/aromatic N) is 2. The molecule has 2 atom stereocenters. The van der Waals surface area contributed by atoms with Gasteiger partial charge in [-0.1, -0.05) is 0 Å². The number of non-ortho nitro benzene ring substituents is 1. The molecule has 0 aliphatic carbocycles. The highest BCUT2D eigenvalue weighted by Gasteiger charge is 2.33. The SMILES string of the molecule is O=[N+]([O-])c1ccc([C@H](O)[C@@H](CO)Nc2ccc(C(F)(F)F)cc2[N+](=O)[O-])cc1. The van der Waals surface area contributed by atoms with Gasteiger partial charge in [-0.05, 0) is 29.8 Å². The maximum atomic E-state index is 12.8. The van der Waals surface area contributed by atoms with Crippen LogP contribution in [0.15, 0.2) is 42.5 Å². The highest BCUT2D eigenvalue weighted by atomic mass is 19.4. The summed E-state index contributed by atoms with van der Waals surface area (Å²) in [6, 6.07) is 5.27. The van der Waals surface area contributed by atoms with Crippen LogP contribution >= 0.6 is 0 Å². The van der Waals surface area contributed by atoms with Crippen molar-refractivity contribution in [2.75, 3.05) is 11.9 Å². The van der Waals surface area contributed by atoms with Gasteiger partial charge in [-0.2, -0.15) is 13.2 Å². The van der Waals surface area contributed by atoms with Gasteiger partial charge < -0.3 is 15.5 Å². The van der Waals surface area contributed by atoms with Gasteiger partial charge in [0.1, 0.15) is 11.8 Å². The minimum atomic E-state index is -4.78. The molecule has 28 heavy (non-hydrogen) atoms. The van der Waals surface area contributed by atoms with Crippen LogP contribution in [0.5, 0.6) is 0 Å². The van der Waals surface area contributed by atoms with Crippen molar-refractivity contribution in [1.29, 1.82) is 0 Å². The Labute approximate surface area is 155 Å². The molecule has 0 bridgehead atoms. The van der Waals surface area contributed by atoms with Crippen molar-refractivity contribution in [2.45, 2.75) is 18.3 Å². The molecule has 0 aromatic heterocycles. The van der Waals surface area contributed by atoms with Gasteiger partial charge in [0.05, 0.1) is 28.1 Å². The normalized spacial score (nSPS) is 13.6. The third-order valence-corrected chi connectivity index (χ3v) is 3.89. The molecule has 2 aromatic carbocycles. The number of aliphatic hydroxyl groups is 2. The number of nitro benzene ring substituents is 2. The highest BCUT2D eigenvalue weighted by molar-refractivity contribution is 5.63. The van der Waals surface area contributed by atoms with Gasteiger partial charge in [-0.3, -0.25) is 20.2 Å². The van der Waals surface area contributed by atoms with E-state index in [2.05, 4.69) is 5.32 Å². The summed E-state index contributed by atoms with van der Waals surface area (Å²) in [4.78, 5) is 20.1. The fourth-order valence-corrected chi connectivity index (χ4v) is 2.43. The van der Waals surface area contributed by atoms with Gasteiger partial charge >= 0.3 is 6.18 Å². The van der Waals surface area contributed by atoms with Gasteiger partial charge in [0.2, 0.25) is 0 Å². The van der Waals surface area contributed by atoms with Crippen molar-refractivity contribution in [3.05, 3.63) is 73.8 Å². The first-order chi connectivity index (χ1) is 13.0. The minimum absolute atomic E-state index is 0.159. The van der Waals surface area contributed by atoms with Crippen molar-refractivity contribution in [1.82, 2.24) is 0 Å². The largest absolute Gasteiger partial charge is 0.416 e. The van der Waals surface area contributed by atoms with Crippen LogP contribution in [0.2, 0.25) is 0 Å². The first-order valence-electron chi connectivity index (χ1n) is 7.70. The Kier molecular flexibility index (Phi) is 6.16. The van der Waals surface area contributed by atoms with E-state index in [1.807, 2.05) is 0 Å². The Morgan fingerprint density at radius 1 is 1.04 bits per heavy atom. The summed E-state index contributed by atoms with van der Waals surface area (Å²) in [7, 11) is 0. The highest BCUT2D eigenvalue weighted by Crippen LogP contribution is 2.36. The maximum absolute atomic E-state index is 12.8. The van der Waals surface area contributed by atoms with Gasteiger partial charge in [0.25, 0.3) is 11.4 Å². The Morgan fingerprint density at radius 2 is 1.64 bits per heavy atom. The summed E-state index contributed by atoms with van der Waals surface area (Å²) in [5, 5.41) is 44.1. The summed E-state index contributed by atoms with van der Waals surface area (Å²) >= 11 is 0. The quantitative estimate of drug-likeness (QED) is 0.479. The smallest absolute Gasteiger partial charge is 0.394 e. The molecule has 12 heteroatoms. The average Bonchev–Trinajstić information content (AvgIpc) is 2.64. The van der Waals surface area contributed by atoms with E-state index >= 15 is 0 Å². The van der Waals surface area contributed by atoms with Crippen LogP contribution in [0.3, 0.4) is 0 Å². The molecule has 0 radical (unpaired) electrons. The molecule has 2 rings (SSSR count). The molecule has 0 unspecified atom stereocenters. The number of aliphatic hydroxyl groups excluding tert-OH is 2. The van der Waals surface area contributed by atoms with E-state index in [9.17, 15) is 43.6 Å². The van der Waals surface area contributed by atoms with Crippen LogP contribution in [0.25, 0.3) is 0 Å². The Hall–Kier alpha value is -3.25. The van der Waals surface area contributed by atoms with Crippen LogP contribution in [0, 0.1) is 20.2 Å². The molecule has 0 heterocycles. The second-order valence-electron chi connectivity index (χ2n) is 5.71. The van der Waals surface area contributed by atoms with Crippen molar-refractivity contribution < 1.29 is 33.2 Å². The molecule has 0 saturated heterocycles. The topological polar surface area (TPSA) is 139 Å². The third kappa shape index (κ3) is 4.72. The lowest BCUT2D eigenvalue weighted by molar-refractivity contribution is -0.384. The average molecular weight is 401 g/mol. The van der Waals surface area contributed by atoms with E-state index in [-0.39, 0.29) is 16.9 Å². The standard InChI is InChI=1S/C16H14F3N3O6/c17-16(18,19)10-3-6-12(14(7-10)22(27)28)20-13(8-23)15(24)9-1-4-11(5-2-9)21(25)26/h1-7,13,15,20,23-24H,8H2/t13-,15+/m1/s1. The Balaban J connectivity index is 2.30. The number of alkyl halides is 3. The molecular weight excluding hydrogens is 387 g/mol. The summed E-state index contributed by atoms with van der Waals surface area (Å²) in [5.74, 6) is 0. The number of nitrogens with one attached hydrogen (secondary N) is 1. The van der Waals surface area contributed by atoms with E-state index in [1.165, 1.54) is 12.1 Å². The van der Waals surface area contributed by atoms with E-state index in [0.717, 1.165) is 18.2 Å². The molecule has 0 saturated carbocycles. The molecule has 0 aliphatic rings. The van der Waals surface area contributed by atoms with Crippen LogP contribution in [-0.2, 0) is 6.18 Å². The van der Waals surface area contributed by atoms with Gasteiger partial charge in [0.15, 0.2) is 0 Å². The van der Waals surface area contributed by atoms with Crippen LogP contribution in [0.1, 0.15) is 17.2 Å². The first-order valence-corrected chi connectivity index (χ1v) is 7.70. The second kappa shape index (κ2) is 8.19. The molecule has 0 amide bonds. The Morgan fingerprint density at radius 3 is 2.11 bits per heavy atom. The maximum Gasteiger partial charge on any atom is 0.416 e. The van der Waals surface area contributed by atoms with Crippen molar-refractivity contribution in [2.24, 2.45) is 0 Å². The lowest BCUT2D eigenvalue weighted by atomic mass is 10.0. The molecule has 0 spiro atoms. The molecule has 0 aliphatic heterocycles. The van der Waals surface area contributed by atoms with Crippen molar-refractivity contribution >= 4 is 17.1 Å². The zero-order chi connectivity index (χ0) is 21.1. The van der Waals surface area contributed by atoms with E-state index < -0.39 is 46.0 Å². The number of benzene rings is 2. The fraction of sp³-hybridized carbons (Fsp3) is 0.250. The third-order valence-electron chi connectivity index (χ3n) is 3.89. The molecule has 2 aromatic rings. The monoisotopic (exact) mass is 401 g/mol. The first kappa shape index (κ1) is 21.1. The molecule has 3 N–H and O–H groups in total. The predicted octanol–water partition coefficient (Wildman–Crippen LogP) is 3.03. The number of hydrogen-bond acceptors (Lipinski definition) is 7. The van der Waals surface area contributed by atoms with Gasteiger partial charge in [0, 0.05) is 18.2 Å². The van der Waals surface area contributed by atoms with Crippen LogP contribution < -0.4 is 5.32 Å². The van der Waals surface area contributed by atoms with E-state index in [1.54, 1.807) is 0 Å². The van der Waals surface area contributed by atoms with Crippen molar-refractivity contribution in [3.8, 4) is 0 Å². The van der Waals surface area contributed by atoms with Gasteiger partial charge in [-0.15, -0.1) is 0 Å². The lowest BCUT2D eigenvalue weighted by Crippen LogP contribution is -2.31. The zero-order valence-corrected chi connectivity index (χ0v) is 14.0. The van der Waals surface area contributed by atoms with Gasteiger partial charge in [-0.25, -0.2) is 0 Å². The van der Waals surface area contributed by atoms with Crippen LogP contribution in [-0.4, -0.2) is 32.7 Å². The molecule has 9 nitrogen and oxygen atoms in total. The summed E-state index contributed by atoms with van der Waals surface area (Å²) in [6.07, 6.45) is -6.23. The summed E-state index contributed by atoms with van der Waals surface area (Å²) < 4.78 is 38.3.